The van der Waals surface area contributed by atoms with E-state index in [0.29, 0.717) is 19.4 Å². The Labute approximate surface area is 142 Å². The van der Waals surface area contributed by atoms with Gasteiger partial charge in [0.25, 0.3) is 0 Å². The third-order valence-corrected chi connectivity index (χ3v) is 4.07. The molecule has 1 amide bonds. The van der Waals surface area contributed by atoms with Gasteiger partial charge in [0.05, 0.1) is 0 Å². The molecular weight excluding hydrogens is 306 g/mol. The number of nitrogens with zero attached hydrogens (tertiary/aromatic N) is 1. The SMILES string of the molecule is CC(C)(C)OC(=O)N1CCC[C@@]1(CC=Cc1ccccc1)C(=O)O. The minimum Gasteiger partial charge on any atom is -0.479 e. The van der Waals surface area contributed by atoms with Crippen LogP contribution in [0.4, 0.5) is 4.79 Å². The van der Waals surface area contributed by atoms with Gasteiger partial charge in [0.2, 0.25) is 0 Å². The Kier molecular flexibility index (Phi) is 5.32. The van der Waals surface area contributed by atoms with Crippen molar-refractivity contribution in [3.05, 3.63) is 42.0 Å². The van der Waals surface area contributed by atoms with E-state index in [1.807, 2.05) is 42.5 Å². The summed E-state index contributed by atoms with van der Waals surface area (Å²) >= 11 is 0. The van der Waals surface area contributed by atoms with Gasteiger partial charge in [0, 0.05) is 6.54 Å². The van der Waals surface area contributed by atoms with Crippen LogP contribution in [0.25, 0.3) is 6.08 Å². The molecule has 1 aromatic rings. The van der Waals surface area contributed by atoms with E-state index in [0.717, 1.165) is 5.56 Å². The molecule has 1 heterocycles. The normalized spacial score (nSPS) is 21.2. The molecule has 1 saturated heterocycles. The second-order valence-electron chi connectivity index (χ2n) is 7.09. The molecule has 0 aromatic heterocycles. The van der Waals surface area contributed by atoms with E-state index in [-0.39, 0.29) is 6.42 Å². The molecule has 1 aliphatic rings. The van der Waals surface area contributed by atoms with E-state index in [2.05, 4.69) is 0 Å². The molecule has 0 unspecified atom stereocenters. The van der Waals surface area contributed by atoms with Crippen LogP contribution in [0.15, 0.2) is 36.4 Å². The molecular formula is C19H25NO4. The maximum absolute atomic E-state index is 12.4. The van der Waals surface area contributed by atoms with Gasteiger partial charge in [-0.25, -0.2) is 9.59 Å². The van der Waals surface area contributed by atoms with Crippen molar-refractivity contribution in [2.75, 3.05) is 6.54 Å². The Morgan fingerprint density at radius 3 is 2.54 bits per heavy atom. The number of benzene rings is 1. The van der Waals surface area contributed by atoms with Gasteiger partial charge in [0.1, 0.15) is 11.1 Å². The van der Waals surface area contributed by atoms with Crippen molar-refractivity contribution in [2.45, 2.75) is 51.2 Å². The standard InChI is InChI=1S/C19H25NO4/c1-18(2,3)24-17(23)20-14-8-13-19(20,16(21)22)12-7-11-15-9-5-4-6-10-15/h4-7,9-11H,8,12-14H2,1-3H3,(H,21,22)/t19-/m0/s1. The zero-order chi connectivity index (χ0) is 17.8. The molecule has 0 aliphatic carbocycles. The van der Waals surface area contributed by atoms with Gasteiger partial charge in [0.15, 0.2) is 0 Å². The second-order valence-corrected chi connectivity index (χ2v) is 7.09. The fourth-order valence-electron chi connectivity index (χ4n) is 2.94. The zero-order valence-corrected chi connectivity index (χ0v) is 14.5. The van der Waals surface area contributed by atoms with Crippen molar-refractivity contribution < 1.29 is 19.4 Å². The third-order valence-electron chi connectivity index (χ3n) is 4.07. The summed E-state index contributed by atoms with van der Waals surface area (Å²) in [7, 11) is 0. The quantitative estimate of drug-likeness (QED) is 0.907. The number of ether oxygens (including phenoxy) is 1. The van der Waals surface area contributed by atoms with Crippen molar-refractivity contribution in [2.24, 2.45) is 0 Å². The molecule has 130 valence electrons. The van der Waals surface area contributed by atoms with E-state index in [4.69, 9.17) is 4.74 Å². The minimum absolute atomic E-state index is 0.260. The lowest BCUT2D eigenvalue weighted by Gasteiger charge is -2.35. The molecule has 24 heavy (non-hydrogen) atoms. The Hall–Kier alpha value is -2.30. The Morgan fingerprint density at radius 1 is 1.29 bits per heavy atom. The highest BCUT2D eigenvalue weighted by atomic mass is 16.6. The first-order valence-electron chi connectivity index (χ1n) is 8.20. The van der Waals surface area contributed by atoms with Crippen LogP contribution in [0.5, 0.6) is 0 Å². The number of aliphatic carboxylic acids is 1. The zero-order valence-electron chi connectivity index (χ0n) is 14.5. The van der Waals surface area contributed by atoms with Crippen molar-refractivity contribution in [3.63, 3.8) is 0 Å². The molecule has 1 fully saturated rings. The molecule has 1 N–H and O–H groups in total. The maximum atomic E-state index is 12.4. The van der Waals surface area contributed by atoms with Crippen LogP contribution in [0.2, 0.25) is 0 Å². The van der Waals surface area contributed by atoms with Crippen LogP contribution in [-0.2, 0) is 9.53 Å². The number of likely N-dealkylation sites (tertiary alicyclic amines) is 1. The number of hydrogen-bond acceptors (Lipinski definition) is 3. The van der Waals surface area contributed by atoms with Crippen LogP contribution in [0.3, 0.4) is 0 Å². The first-order valence-corrected chi connectivity index (χ1v) is 8.20. The lowest BCUT2D eigenvalue weighted by molar-refractivity contribution is -0.149. The topological polar surface area (TPSA) is 66.8 Å². The second kappa shape index (κ2) is 7.07. The number of carboxylic acid groups (broad SMARTS) is 1. The van der Waals surface area contributed by atoms with Crippen LogP contribution < -0.4 is 0 Å². The van der Waals surface area contributed by atoms with Gasteiger partial charge in [-0.15, -0.1) is 0 Å². The Balaban J connectivity index is 2.18. The van der Waals surface area contributed by atoms with Crippen LogP contribution >= 0.6 is 0 Å². The van der Waals surface area contributed by atoms with Crippen molar-refractivity contribution in [3.8, 4) is 0 Å². The molecule has 1 aromatic carbocycles. The fourth-order valence-corrected chi connectivity index (χ4v) is 2.94. The number of carboxylic acids is 1. The Bertz CT molecular complexity index is 618. The highest BCUT2D eigenvalue weighted by molar-refractivity contribution is 5.85. The summed E-state index contributed by atoms with van der Waals surface area (Å²) in [4.78, 5) is 25.8. The van der Waals surface area contributed by atoms with Gasteiger partial charge >= 0.3 is 12.1 Å². The van der Waals surface area contributed by atoms with Gasteiger partial charge in [-0.05, 0) is 45.6 Å². The lowest BCUT2D eigenvalue weighted by Crippen LogP contribution is -2.54. The molecule has 0 spiro atoms. The lowest BCUT2D eigenvalue weighted by atomic mass is 9.91. The molecule has 2 rings (SSSR count). The van der Waals surface area contributed by atoms with E-state index in [9.17, 15) is 14.7 Å². The largest absolute Gasteiger partial charge is 0.479 e. The summed E-state index contributed by atoms with van der Waals surface area (Å²) in [6.07, 6.45) is 4.50. The smallest absolute Gasteiger partial charge is 0.411 e. The average Bonchev–Trinajstić information content (AvgIpc) is 2.92. The highest BCUT2D eigenvalue weighted by Crippen LogP contribution is 2.35. The third kappa shape index (κ3) is 4.16. The molecule has 5 heteroatoms. The van der Waals surface area contributed by atoms with Crippen molar-refractivity contribution in [1.29, 1.82) is 0 Å². The molecule has 5 nitrogen and oxygen atoms in total. The summed E-state index contributed by atoms with van der Waals surface area (Å²) in [6, 6.07) is 9.68. The molecule has 0 saturated carbocycles. The fraction of sp³-hybridized carbons (Fsp3) is 0.474. The summed E-state index contributed by atoms with van der Waals surface area (Å²) in [5.74, 6) is -0.983. The van der Waals surface area contributed by atoms with Gasteiger partial charge in [-0.3, -0.25) is 4.90 Å². The molecule has 0 radical (unpaired) electrons. The van der Waals surface area contributed by atoms with Crippen LogP contribution in [0, 0.1) is 0 Å². The summed E-state index contributed by atoms with van der Waals surface area (Å²) in [6.45, 7) is 5.73. The summed E-state index contributed by atoms with van der Waals surface area (Å²) in [5.41, 5.74) is -0.878. The number of carbonyl (C=O) groups excluding carboxylic acids is 1. The number of rotatable bonds is 4. The maximum Gasteiger partial charge on any atom is 0.411 e. The predicted octanol–water partition coefficient (Wildman–Crippen LogP) is 3.94. The van der Waals surface area contributed by atoms with Crippen LogP contribution in [0.1, 0.15) is 45.6 Å². The van der Waals surface area contributed by atoms with Gasteiger partial charge in [-0.2, -0.15) is 0 Å². The Morgan fingerprint density at radius 2 is 1.96 bits per heavy atom. The molecule has 1 aliphatic heterocycles. The van der Waals surface area contributed by atoms with Crippen molar-refractivity contribution >= 4 is 18.1 Å². The molecule has 0 bridgehead atoms. The predicted molar refractivity (Wildman–Crippen MR) is 92.6 cm³/mol. The number of hydrogen-bond donors (Lipinski definition) is 1. The summed E-state index contributed by atoms with van der Waals surface area (Å²) in [5, 5.41) is 9.80. The highest BCUT2D eigenvalue weighted by Gasteiger charge is 2.50. The van der Waals surface area contributed by atoms with E-state index in [1.54, 1.807) is 20.8 Å². The summed E-state index contributed by atoms with van der Waals surface area (Å²) < 4.78 is 5.39. The monoisotopic (exact) mass is 331 g/mol. The van der Waals surface area contributed by atoms with E-state index in [1.165, 1.54) is 4.90 Å². The van der Waals surface area contributed by atoms with Crippen LogP contribution in [-0.4, -0.2) is 39.8 Å². The molecule has 1 atom stereocenters. The average molecular weight is 331 g/mol. The number of carbonyl (C=O) groups is 2. The first kappa shape index (κ1) is 18.0. The van der Waals surface area contributed by atoms with E-state index < -0.39 is 23.2 Å². The number of amides is 1. The van der Waals surface area contributed by atoms with Gasteiger partial charge < -0.3 is 9.84 Å². The first-order chi connectivity index (χ1) is 11.2. The van der Waals surface area contributed by atoms with Gasteiger partial charge in [-0.1, -0.05) is 42.5 Å². The minimum atomic E-state index is -1.23. The van der Waals surface area contributed by atoms with Crippen molar-refractivity contribution in [1.82, 2.24) is 4.90 Å². The van der Waals surface area contributed by atoms with E-state index >= 15 is 0 Å².